The van der Waals surface area contributed by atoms with Crippen molar-refractivity contribution >= 4 is 17.1 Å². The summed E-state index contributed by atoms with van der Waals surface area (Å²) >= 11 is 0. The highest BCUT2D eigenvalue weighted by atomic mass is 16.6. The van der Waals surface area contributed by atoms with Gasteiger partial charge in [-0.2, -0.15) is 0 Å². The second-order valence-electron chi connectivity index (χ2n) is 7.06. The number of nitrogens with one attached hydrogen (secondary N) is 1. The van der Waals surface area contributed by atoms with Crippen LogP contribution in [0.1, 0.15) is 45.1 Å². The zero-order valence-corrected chi connectivity index (χ0v) is 14.4. The summed E-state index contributed by atoms with van der Waals surface area (Å²) in [6.07, 6.45) is 7.13. The first-order valence-corrected chi connectivity index (χ1v) is 7.90. The van der Waals surface area contributed by atoms with Gasteiger partial charge in [-0.05, 0) is 45.9 Å². The van der Waals surface area contributed by atoms with Crippen molar-refractivity contribution in [3.63, 3.8) is 0 Å². The number of imidazole rings is 1. The molecule has 3 rings (SSSR count). The molecule has 0 saturated carbocycles. The van der Waals surface area contributed by atoms with E-state index in [-0.39, 0.29) is 12.1 Å². The van der Waals surface area contributed by atoms with Crippen LogP contribution in [0, 0.1) is 12.3 Å². The van der Waals surface area contributed by atoms with E-state index in [0.29, 0.717) is 12.4 Å². The van der Waals surface area contributed by atoms with Crippen LogP contribution in [0.25, 0.3) is 11.0 Å². The van der Waals surface area contributed by atoms with Gasteiger partial charge < -0.3 is 9.72 Å². The van der Waals surface area contributed by atoms with Crippen LogP contribution in [0.4, 0.5) is 4.79 Å². The van der Waals surface area contributed by atoms with Gasteiger partial charge in [-0.25, -0.2) is 9.78 Å². The van der Waals surface area contributed by atoms with Gasteiger partial charge in [-0.3, -0.25) is 4.90 Å². The molecule has 5 heteroatoms. The maximum Gasteiger partial charge on any atom is 0.411 e. The average Bonchev–Trinajstić information content (AvgIpc) is 3.07. The molecule has 1 unspecified atom stereocenters. The quantitative estimate of drug-likeness (QED) is 0.642. The van der Waals surface area contributed by atoms with Crippen LogP contribution in [0.2, 0.25) is 0 Å². The number of aromatic amines is 1. The molecule has 0 bridgehead atoms. The predicted molar refractivity (Wildman–Crippen MR) is 93.5 cm³/mol. The van der Waals surface area contributed by atoms with E-state index in [9.17, 15) is 4.79 Å². The molecule has 2 aromatic rings. The number of terminal acetylenes is 1. The van der Waals surface area contributed by atoms with Crippen LogP contribution in [0.15, 0.2) is 29.8 Å². The number of fused-ring (bicyclic) bond motifs is 1. The van der Waals surface area contributed by atoms with E-state index in [1.165, 1.54) is 0 Å². The summed E-state index contributed by atoms with van der Waals surface area (Å²) in [5.74, 6) is 3.32. The minimum absolute atomic E-state index is 0.262. The van der Waals surface area contributed by atoms with Crippen LogP contribution >= 0.6 is 0 Å². The standard InChI is InChI=1S/C19H21N3O2/c1-6-13-7-8-14-15(10-13)21-17(20-14)16-9-12(2)11-22(16)18(23)24-19(3,4)5/h1,7-10,16H,11H2,2-5H3,(H,20,21). The Morgan fingerprint density at radius 2 is 2.21 bits per heavy atom. The smallest absolute Gasteiger partial charge is 0.411 e. The molecule has 124 valence electrons. The van der Waals surface area contributed by atoms with E-state index < -0.39 is 5.60 Å². The van der Waals surface area contributed by atoms with E-state index >= 15 is 0 Å². The van der Waals surface area contributed by atoms with Gasteiger partial charge in [0.2, 0.25) is 0 Å². The van der Waals surface area contributed by atoms with E-state index in [0.717, 1.165) is 22.2 Å². The maximum absolute atomic E-state index is 12.5. The molecule has 1 atom stereocenters. The lowest BCUT2D eigenvalue weighted by molar-refractivity contribution is 0.0233. The predicted octanol–water partition coefficient (Wildman–Crippen LogP) is 3.78. The Balaban J connectivity index is 1.94. The summed E-state index contributed by atoms with van der Waals surface area (Å²) < 4.78 is 5.52. The van der Waals surface area contributed by atoms with Gasteiger partial charge in [0.05, 0.1) is 11.0 Å². The van der Waals surface area contributed by atoms with Crippen molar-refractivity contribution in [2.75, 3.05) is 6.54 Å². The highest BCUT2D eigenvalue weighted by molar-refractivity contribution is 5.77. The molecule has 0 spiro atoms. The van der Waals surface area contributed by atoms with Crippen LogP contribution in [-0.4, -0.2) is 33.1 Å². The Hall–Kier alpha value is -2.74. The molecule has 1 aromatic carbocycles. The number of rotatable bonds is 1. The third kappa shape index (κ3) is 3.13. The Bertz CT molecular complexity index is 865. The maximum atomic E-state index is 12.5. The van der Waals surface area contributed by atoms with E-state index in [1.807, 2.05) is 52.0 Å². The molecule has 1 amide bonds. The van der Waals surface area contributed by atoms with Gasteiger partial charge in [-0.15, -0.1) is 6.42 Å². The lowest BCUT2D eigenvalue weighted by atomic mass is 10.2. The van der Waals surface area contributed by atoms with Crippen molar-refractivity contribution in [3.05, 3.63) is 41.2 Å². The molecule has 5 nitrogen and oxygen atoms in total. The van der Waals surface area contributed by atoms with Crippen molar-refractivity contribution in [1.82, 2.24) is 14.9 Å². The first-order valence-electron chi connectivity index (χ1n) is 7.90. The van der Waals surface area contributed by atoms with Crippen LogP contribution in [0.5, 0.6) is 0 Å². The molecule has 0 aliphatic carbocycles. The Morgan fingerprint density at radius 1 is 1.46 bits per heavy atom. The fourth-order valence-electron chi connectivity index (χ4n) is 2.76. The summed E-state index contributed by atoms with van der Waals surface area (Å²) in [5.41, 5.74) is 3.05. The summed E-state index contributed by atoms with van der Waals surface area (Å²) in [6.45, 7) is 8.11. The second-order valence-corrected chi connectivity index (χ2v) is 7.06. The van der Waals surface area contributed by atoms with E-state index in [1.54, 1.807) is 4.90 Å². The van der Waals surface area contributed by atoms with E-state index in [2.05, 4.69) is 15.9 Å². The molecule has 1 N–H and O–H groups in total. The fourth-order valence-corrected chi connectivity index (χ4v) is 2.76. The van der Waals surface area contributed by atoms with Crippen molar-refractivity contribution in [2.24, 2.45) is 0 Å². The van der Waals surface area contributed by atoms with Gasteiger partial charge in [0.25, 0.3) is 0 Å². The van der Waals surface area contributed by atoms with Gasteiger partial charge in [0, 0.05) is 12.1 Å². The fraction of sp³-hybridized carbons (Fsp3) is 0.368. The van der Waals surface area contributed by atoms with E-state index in [4.69, 9.17) is 11.2 Å². The second kappa shape index (κ2) is 5.72. The minimum atomic E-state index is -0.534. The van der Waals surface area contributed by atoms with Crippen molar-refractivity contribution < 1.29 is 9.53 Å². The summed E-state index contributed by atoms with van der Waals surface area (Å²) in [4.78, 5) is 22.1. The molecular formula is C19H21N3O2. The molecule has 0 radical (unpaired) electrons. The lowest BCUT2D eigenvalue weighted by Gasteiger charge is -2.27. The first kappa shape index (κ1) is 16.1. The molecule has 2 heterocycles. The first-order chi connectivity index (χ1) is 11.3. The minimum Gasteiger partial charge on any atom is -0.444 e. The summed E-state index contributed by atoms with van der Waals surface area (Å²) in [6, 6.07) is 5.36. The lowest BCUT2D eigenvalue weighted by Crippen LogP contribution is -2.37. The topological polar surface area (TPSA) is 58.2 Å². The number of hydrogen-bond donors (Lipinski definition) is 1. The summed E-state index contributed by atoms with van der Waals surface area (Å²) in [5, 5.41) is 0. The zero-order valence-electron chi connectivity index (χ0n) is 14.4. The highest BCUT2D eigenvalue weighted by Crippen LogP contribution is 2.31. The molecular weight excluding hydrogens is 302 g/mol. The molecule has 1 aromatic heterocycles. The third-order valence-corrected chi connectivity index (χ3v) is 3.77. The molecule has 0 saturated heterocycles. The van der Waals surface area contributed by atoms with Crippen molar-refractivity contribution in [3.8, 4) is 12.3 Å². The molecule has 1 aliphatic rings. The van der Waals surface area contributed by atoms with Gasteiger partial charge >= 0.3 is 6.09 Å². The number of carbonyl (C=O) groups excluding carboxylic acids is 1. The number of ether oxygens (including phenoxy) is 1. The largest absolute Gasteiger partial charge is 0.444 e. The number of benzene rings is 1. The number of amides is 1. The number of hydrogen-bond acceptors (Lipinski definition) is 3. The summed E-state index contributed by atoms with van der Waals surface area (Å²) in [7, 11) is 0. The van der Waals surface area contributed by atoms with Crippen molar-refractivity contribution in [2.45, 2.75) is 39.3 Å². The third-order valence-electron chi connectivity index (χ3n) is 3.77. The number of H-pyrrole nitrogens is 1. The number of nitrogens with zero attached hydrogens (tertiary/aromatic N) is 2. The van der Waals surface area contributed by atoms with Gasteiger partial charge in [0.15, 0.2) is 0 Å². The number of carbonyl (C=O) groups is 1. The van der Waals surface area contributed by atoms with Crippen LogP contribution < -0.4 is 0 Å². The zero-order chi connectivity index (χ0) is 17.5. The molecule has 0 fully saturated rings. The SMILES string of the molecule is C#Cc1ccc2nc(C3C=C(C)CN3C(=O)OC(C)(C)C)[nH]c2c1. The Kier molecular flexibility index (Phi) is 3.84. The van der Waals surface area contributed by atoms with Crippen LogP contribution in [-0.2, 0) is 4.74 Å². The monoisotopic (exact) mass is 323 g/mol. The average molecular weight is 323 g/mol. The number of aromatic nitrogens is 2. The Morgan fingerprint density at radius 3 is 2.88 bits per heavy atom. The highest BCUT2D eigenvalue weighted by Gasteiger charge is 2.33. The normalized spacial score (nSPS) is 17.7. The van der Waals surface area contributed by atoms with Crippen molar-refractivity contribution in [1.29, 1.82) is 0 Å². The molecule has 1 aliphatic heterocycles. The molecule has 24 heavy (non-hydrogen) atoms. The Labute approximate surface area is 141 Å². The van der Waals surface area contributed by atoms with Crippen LogP contribution in [0.3, 0.4) is 0 Å². The van der Waals surface area contributed by atoms with Gasteiger partial charge in [0.1, 0.15) is 17.5 Å². The van der Waals surface area contributed by atoms with Gasteiger partial charge in [-0.1, -0.05) is 17.6 Å².